The Morgan fingerprint density at radius 2 is 1.53 bits per heavy atom. The molecule has 1 aromatic heterocycles. The Bertz CT molecular complexity index is 2270. The van der Waals surface area contributed by atoms with Crippen molar-refractivity contribution in [2.75, 3.05) is 6.54 Å². The topological polar surface area (TPSA) is 17.0 Å². The molecule has 3 aliphatic carbocycles. The number of aromatic nitrogens is 1. The van der Waals surface area contributed by atoms with Crippen LogP contribution in [0.4, 0.5) is 0 Å². The van der Waals surface area contributed by atoms with Crippen LogP contribution in [0.25, 0.3) is 30.0 Å². The number of nitrogens with zero attached hydrogens (tertiary/aromatic N) is 1. The van der Waals surface area contributed by atoms with Gasteiger partial charge in [-0.2, -0.15) is 0 Å². The zero-order chi connectivity index (χ0) is 36.2. The van der Waals surface area contributed by atoms with Crippen molar-refractivity contribution in [3.63, 3.8) is 0 Å². The van der Waals surface area contributed by atoms with Gasteiger partial charge in [0.25, 0.3) is 0 Å². The van der Waals surface area contributed by atoms with Gasteiger partial charge in [-0.25, -0.2) is 0 Å². The molecule has 5 aromatic rings. The second kappa shape index (κ2) is 15.0. The first kappa shape index (κ1) is 34.2. The van der Waals surface area contributed by atoms with Crippen molar-refractivity contribution in [2.45, 2.75) is 44.9 Å². The maximum atomic E-state index is 3.76. The SMILES string of the molecule is C/C=C\C=C/n1c2c(c3c1C1CC(=C3)/C(=C/CN/C=C(\C=C/c3ccccc3)c3ccccc3C(C)(c3ccccc3)c3ccccc3)C1C)CC=C2. The third-order valence-corrected chi connectivity index (χ3v) is 11.6. The Morgan fingerprint density at radius 3 is 2.25 bits per heavy atom. The molecule has 2 heteroatoms. The molecule has 0 aliphatic heterocycles. The molecule has 4 aromatic carbocycles. The minimum atomic E-state index is -0.364. The van der Waals surface area contributed by atoms with Crippen molar-refractivity contribution < 1.29 is 0 Å². The number of fused-ring (bicyclic) bond motifs is 6. The highest BCUT2D eigenvalue weighted by molar-refractivity contribution is 5.82. The van der Waals surface area contributed by atoms with E-state index in [0.29, 0.717) is 11.8 Å². The van der Waals surface area contributed by atoms with Gasteiger partial charge < -0.3 is 9.88 Å². The van der Waals surface area contributed by atoms with Crippen molar-refractivity contribution in [1.82, 2.24) is 9.88 Å². The van der Waals surface area contributed by atoms with Crippen LogP contribution >= 0.6 is 0 Å². The zero-order valence-electron chi connectivity index (χ0n) is 31.0. The van der Waals surface area contributed by atoms with Crippen molar-refractivity contribution in [3.05, 3.63) is 219 Å². The number of hydrogen-bond acceptors (Lipinski definition) is 1. The first-order valence-corrected chi connectivity index (χ1v) is 19.1. The Hall–Kier alpha value is -5.86. The lowest BCUT2D eigenvalue weighted by atomic mass is 9.69. The summed E-state index contributed by atoms with van der Waals surface area (Å²) in [6.07, 6.45) is 27.0. The summed E-state index contributed by atoms with van der Waals surface area (Å²) < 4.78 is 2.47. The molecule has 2 atom stereocenters. The fraction of sp³-hybridized carbons (Fsp3) is 0.176. The third-order valence-electron chi connectivity index (χ3n) is 11.6. The van der Waals surface area contributed by atoms with Gasteiger partial charge in [-0.3, -0.25) is 0 Å². The Kier molecular flexibility index (Phi) is 9.70. The summed E-state index contributed by atoms with van der Waals surface area (Å²) in [6.45, 7) is 7.62. The summed E-state index contributed by atoms with van der Waals surface area (Å²) in [5.41, 5.74) is 15.7. The maximum absolute atomic E-state index is 3.76. The van der Waals surface area contributed by atoms with Gasteiger partial charge in [0, 0.05) is 47.2 Å². The highest BCUT2D eigenvalue weighted by Gasteiger charge is 2.41. The summed E-state index contributed by atoms with van der Waals surface area (Å²) in [5.74, 6) is 0.947. The molecule has 1 N–H and O–H groups in total. The predicted molar refractivity (Wildman–Crippen MR) is 226 cm³/mol. The van der Waals surface area contributed by atoms with Crippen LogP contribution in [-0.2, 0) is 11.8 Å². The molecule has 262 valence electrons. The standard InChI is InChI=1S/C51H48N2/c1-4-5-17-33-53-49-28-18-26-45(49)47-35-40-34-46(50(47)53)37(2)43(40)31-32-52-36-39(30-29-38-19-9-6-10-20-38)44-25-15-16-27-48(44)51(3,41-21-11-7-12-22-41)42-23-13-8-14-24-42/h4-25,27-31,33,35-37,46,52H,26,32,34H2,1-3H3/b5-4-,30-29-,33-17-,39-36+,43-31+. The van der Waals surface area contributed by atoms with E-state index < -0.39 is 0 Å². The molecule has 2 unspecified atom stereocenters. The van der Waals surface area contributed by atoms with Crippen LogP contribution < -0.4 is 5.32 Å². The quantitative estimate of drug-likeness (QED) is 0.0830. The minimum absolute atomic E-state index is 0.364. The molecule has 1 heterocycles. The summed E-state index contributed by atoms with van der Waals surface area (Å²) >= 11 is 0. The predicted octanol–water partition coefficient (Wildman–Crippen LogP) is 12.2. The summed E-state index contributed by atoms with van der Waals surface area (Å²) in [5, 5.41) is 3.76. The summed E-state index contributed by atoms with van der Waals surface area (Å²) in [6, 6.07) is 41.3. The van der Waals surface area contributed by atoms with Crippen molar-refractivity contribution in [3.8, 4) is 0 Å². The number of rotatable bonds is 11. The van der Waals surface area contributed by atoms with Gasteiger partial charge in [-0.05, 0) is 101 Å². The molecule has 0 amide bonds. The second-order valence-electron chi connectivity index (χ2n) is 14.6. The molecule has 1 fully saturated rings. The lowest BCUT2D eigenvalue weighted by Crippen LogP contribution is -2.26. The number of nitrogens with one attached hydrogen (secondary N) is 1. The molecule has 2 nitrogen and oxygen atoms in total. The number of hydrogen-bond donors (Lipinski definition) is 1. The Balaban J connectivity index is 1.14. The number of allylic oxidation sites excluding steroid dienone is 8. The van der Waals surface area contributed by atoms with Crippen molar-refractivity contribution >= 4 is 30.0 Å². The average Bonchev–Trinajstić information content (AvgIpc) is 3.88. The molecular formula is C51H48N2. The van der Waals surface area contributed by atoms with E-state index >= 15 is 0 Å². The molecule has 0 saturated heterocycles. The molecule has 0 spiro atoms. The molecule has 53 heavy (non-hydrogen) atoms. The fourth-order valence-electron chi connectivity index (χ4n) is 8.83. The minimum Gasteiger partial charge on any atom is -0.387 e. The smallest absolute Gasteiger partial charge is 0.0491 e. The summed E-state index contributed by atoms with van der Waals surface area (Å²) in [7, 11) is 0. The van der Waals surface area contributed by atoms with E-state index in [0.717, 1.165) is 25.0 Å². The zero-order valence-corrected chi connectivity index (χ0v) is 31.0. The molecule has 0 radical (unpaired) electrons. The summed E-state index contributed by atoms with van der Waals surface area (Å²) in [4.78, 5) is 0. The molecule has 8 rings (SSSR count). The highest BCUT2D eigenvalue weighted by Crippen LogP contribution is 2.54. The van der Waals surface area contributed by atoms with Gasteiger partial charge in [0.2, 0.25) is 0 Å². The van der Waals surface area contributed by atoms with Crippen LogP contribution in [0.15, 0.2) is 169 Å². The van der Waals surface area contributed by atoms with Gasteiger partial charge >= 0.3 is 0 Å². The first-order valence-electron chi connectivity index (χ1n) is 19.1. The molecule has 3 aliphatic rings. The number of benzene rings is 4. The average molecular weight is 689 g/mol. The lowest BCUT2D eigenvalue weighted by Gasteiger charge is -2.34. The second-order valence-corrected chi connectivity index (χ2v) is 14.6. The molecule has 1 saturated carbocycles. The van der Waals surface area contributed by atoms with E-state index in [1.165, 1.54) is 61.5 Å². The lowest BCUT2D eigenvalue weighted by molar-refractivity contribution is 0.563. The van der Waals surface area contributed by atoms with E-state index in [9.17, 15) is 0 Å². The van der Waals surface area contributed by atoms with Crippen LogP contribution in [0, 0.1) is 5.92 Å². The maximum Gasteiger partial charge on any atom is 0.0491 e. The fourth-order valence-corrected chi connectivity index (χ4v) is 8.83. The van der Waals surface area contributed by atoms with Crippen molar-refractivity contribution in [1.29, 1.82) is 0 Å². The molecular weight excluding hydrogens is 641 g/mol. The first-order chi connectivity index (χ1) is 26.1. The largest absolute Gasteiger partial charge is 0.387 e. The Labute approximate surface area is 315 Å². The van der Waals surface area contributed by atoms with E-state index in [1.807, 2.05) is 0 Å². The van der Waals surface area contributed by atoms with E-state index in [4.69, 9.17) is 0 Å². The van der Waals surface area contributed by atoms with Gasteiger partial charge in [0.15, 0.2) is 0 Å². The third kappa shape index (κ3) is 6.44. The van der Waals surface area contributed by atoms with Gasteiger partial charge in [0.05, 0.1) is 0 Å². The Morgan fingerprint density at radius 1 is 0.849 bits per heavy atom. The highest BCUT2D eigenvalue weighted by atomic mass is 15.0. The van der Waals surface area contributed by atoms with E-state index in [2.05, 4.69) is 213 Å². The van der Waals surface area contributed by atoms with Crippen molar-refractivity contribution in [2.24, 2.45) is 5.92 Å². The van der Waals surface area contributed by atoms with E-state index in [-0.39, 0.29) is 5.41 Å². The van der Waals surface area contributed by atoms with Crippen LogP contribution in [0.1, 0.15) is 83.4 Å². The van der Waals surface area contributed by atoms with Crippen LogP contribution in [0.3, 0.4) is 0 Å². The van der Waals surface area contributed by atoms with Gasteiger partial charge in [0.1, 0.15) is 0 Å². The van der Waals surface area contributed by atoms with Crippen LogP contribution in [0.5, 0.6) is 0 Å². The normalized spacial score (nSPS) is 18.7. The van der Waals surface area contributed by atoms with Crippen LogP contribution in [0.2, 0.25) is 0 Å². The van der Waals surface area contributed by atoms with Crippen LogP contribution in [-0.4, -0.2) is 11.1 Å². The monoisotopic (exact) mass is 688 g/mol. The van der Waals surface area contributed by atoms with E-state index in [1.54, 1.807) is 0 Å². The molecule has 2 bridgehead atoms. The van der Waals surface area contributed by atoms with Gasteiger partial charge in [-0.15, -0.1) is 0 Å². The van der Waals surface area contributed by atoms with Gasteiger partial charge in [-0.1, -0.05) is 159 Å².